The number of piperidine rings is 1. The molecule has 0 spiro atoms. The second kappa shape index (κ2) is 6.82. The van der Waals surface area contributed by atoms with Crippen molar-refractivity contribution < 1.29 is 9.59 Å². The van der Waals surface area contributed by atoms with Crippen LogP contribution in [0.2, 0.25) is 0 Å². The van der Waals surface area contributed by atoms with Gasteiger partial charge in [-0.05, 0) is 25.3 Å². The van der Waals surface area contributed by atoms with E-state index in [1.165, 1.54) is 7.05 Å². The molecule has 0 bridgehead atoms. The molecule has 0 saturated carbocycles. The van der Waals surface area contributed by atoms with Crippen molar-refractivity contribution in [2.24, 2.45) is 0 Å². The molecular formula is C17H20N4O3. The van der Waals surface area contributed by atoms with Crippen LogP contribution in [0.25, 0.3) is 10.8 Å². The van der Waals surface area contributed by atoms with Gasteiger partial charge >= 0.3 is 0 Å². The quantitative estimate of drug-likeness (QED) is 0.902. The van der Waals surface area contributed by atoms with Gasteiger partial charge in [-0.3, -0.25) is 14.4 Å². The number of benzene rings is 1. The van der Waals surface area contributed by atoms with Gasteiger partial charge in [-0.1, -0.05) is 18.2 Å². The van der Waals surface area contributed by atoms with Crippen LogP contribution < -0.4 is 10.9 Å². The van der Waals surface area contributed by atoms with E-state index in [2.05, 4.69) is 10.4 Å². The first-order valence-corrected chi connectivity index (χ1v) is 8.11. The Morgan fingerprint density at radius 1 is 1.12 bits per heavy atom. The summed E-state index contributed by atoms with van der Waals surface area (Å²) in [5, 5.41) is 7.55. The Morgan fingerprint density at radius 2 is 1.79 bits per heavy atom. The summed E-state index contributed by atoms with van der Waals surface area (Å²) in [5.74, 6) is -0.521. The van der Waals surface area contributed by atoms with Gasteiger partial charge in [0.1, 0.15) is 6.54 Å². The lowest BCUT2D eigenvalue weighted by molar-refractivity contribution is -0.133. The summed E-state index contributed by atoms with van der Waals surface area (Å²) in [6.07, 6.45) is 3.09. The molecule has 0 radical (unpaired) electrons. The summed E-state index contributed by atoms with van der Waals surface area (Å²) in [6, 6.07) is 6.81. The largest absolute Gasteiger partial charge is 0.354 e. The van der Waals surface area contributed by atoms with Gasteiger partial charge in [0, 0.05) is 25.5 Å². The number of hydrogen-bond acceptors (Lipinski definition) is 4. The highest BCUT2D eigenvalue weighted by Crippen LogP contribution is 2.14. The maximum Gasteiger partial charge on any atom is 0.275 e. The molecule has 1 aliphatic heterocycles. The molecule has 7 heteroatoms. The third kappa shape index (κ3) is 3.02. The SMILES string of the molecule is CNC(=O)c1nn(CC(=O)N2CCCCC2)c(=O)c2ccccc12. The van der Waals surface area contributed by atoms with E-state index < -0.39 is 0 Å². The molecule has 1 fully saturated rings. The zero-order valence-corrected chi connectivity index (χ0v) is 13.6. The Balaban J connectivity index is 2.01. The van der Waals surface area contributed by atoms with Crippen molar-refractivity contribution in [1.29, 1.82) is 0 Å². The molecule has 1 aromatic carbocycles. The Hall–Kier alpha value is -2.70. The Morgan fingerprint density at radius 3 is 2.46 bits per heavy atom. The van der Waals surface area contributed by atoms with Gasteiger partial charge in [-0.2, -0.15) is 5.10 Å². The minimum Gasteiger partial charge on any atom is -0.354 e. The van der Waals surface area contributed by atoms with Crippen molar-refractivity contribution in [3.63, 3.8) is 0 Å². The van der Waals surface area contributed by atoms with Crippen molar-refractivity contribution in [2.45, 2.75) is 25.8 Å². The molecule has 2 aromatic rings. The lowest BCUT2D eigenvalue weighted by atomic mass is 10.1. The smallest absolute Gasteiger partial charge is 0.275 e. The average molecular weight is 328 g/mol. The summed E-state index contributed by atoms with van der Waals surface area (Å²) in [4.78, 5) is 38.9. The van der Waals surface area contributed by atoms with Crippen molar-refractivity contribution >= 4 is 22.6 Å². The highest BCUT2D eigenvalue weighted by atomic mass is 16.2. The first-order valence-electron chi connectivity index (χ1n) is 8.11. The number of nitrogens with zero attached hydrogens (tertiary/aromatic N) is 3. The van der Waals surface area contributed by atoms with Crippen LogP contribution in [0.4, 0.5) is 0 Å². The van der Waals surface area contributed by atoms with Gasteiger partial charge in [-0.25, -0.2) is 4.68 Å². The molecule has 1 aromatic heterocycles. The van der Waals surface area contributed by atoms with Crippen LogP contribution in [0.3, 0.4) is 0 Å². The number of amides is 2. The highest BCUT2D eigenvalue weighted by molar-refractivity contribution is 6.04. The Bertz CT molecular complexity index is 837. The summed E-state index contributed by atoms with van der Waals surface area (Å²) < 4.78 is 1.10. The van der Waals surface area contributed by atoms with Crippen LogP contribution in [0.1, 0.15) is 29.8 Å². The van der Waals surface area contributed by atoms with Crippen LogP contribution in [-0.4, -0.2) is 46.6 Å². The summed E-state index contributed by atoms with van der Waals surface area (Å²) in [7, 11) is 1.51. The van der Waals surface area contributed by atoms with Gasteiger partial charge in [0.25, 0.3) is 11.5 Å². The lowest BCUT2D eigenvalue weighted by Crippen LogP contribution is -2.40. The summed E-state index contributed by atoms with van der Waals surface area (Å²) >= 11 is 0. The van der Waals surface area contributed by atoms with E-state index in [4.69, 9.17) is 0 Å². The maximum absolute atomic E-state index is 12.6. The zero-order valence-electron chi connectivity index (χ0n) is 13.6. The molecule has 0 atom stereocenters. The third-order valence-electron chi connectivity index (χ3n) is 4.30. The normalized spacial score (nSPS) is 14.6. The minimum absolute atomic E-state index is 0.137. The van der Waals surface area contributed by atoms with Crippen molar-refractivity contribution in [3.05, 3.63) is 40.3 Å². The molecule has 0 aliphatic carbocycles. The van der Waals surface area contributed by atoms with Crippen LogP contribution >= 0.6 is 0 Å². The van der Waals surface area contributed by atoms with E-state index in [1.54, 1.807) is 29.2 Å². The summed E-state index contributed by atoms with van der Waals surface area (Å²) in [5.41, 5.74) is -0.206. The second-order valence-electron chi connectivity index (χ2n) is 5.88. The van der Waals surface area contributed by atoms with Gasteiger partial charge in [-0.15, -0.1) is 0 Å². The monoisotopic (exact) mass is 328 g/mol. The number of carbonyl (C=O) groups excluding carboxylic acids is 2. The number of fused-ring (bicyclic) bond motifs is 1. The maximum atomic E-state index is 12.6. The van der Waals surface area contributed by atoms with E-state index in [9.17, 15) is 14.4 Å². The molecular weight excluding hydrogens is 308 g/mol. The molecule has 1 N–H and O–H groups in total. The molecule has 2 amide bonds. The minimum atomic E-state index is -0.384. The van der Waals surface area contributed by atoms with E-state index >= 15 is 0 Å². The third-order valence-corrected chi connectivity index (χ3v) is 4.30. The van der Waals surface area contributed by atoms with Crippen LogP contribution in [0.5, 0.6) is 0 Å². The molecule has 126 valence electrons. The first kappa shape index (κ1) is 16.2. The molecule has 0 unspecified atom stereocenters. The molecule has 1 aliphatic rings. The number of carbonyl (C=O) groups is 2. The predicted molar refractivity (Wildman–Crippen MR) is 89.8 cm³/mol. The van der Waals surface area contributed by atoms with Crippen molar-refractivity contribution in [1.82, 2.24) is 20.0 Å². The number of likely N-dealkylation sites (tertiary alicyclic amines) is 1. The number of aromatic nitrogens is 2. The van der Waals surface area contributed by atoms with Crippen molar-refractivity contribution in [2.75, 3.05) is 20.1 Å². The van der Waals surface area contributed by atoms with Crippen LogP contribution in [0.15, 0.2) is 29.1 Å². The van der Waals surface area contributed by atoms with Crippen LogP contribution in [-0.2, 0) is 11.3 Å². The molecule has 1 saturated heterocycles. The fourth-order valence-electron chi connectivity index (χ4n) is 3.00. The standard InChI is InChI=1S/C17H20N4O3/c1-18-16(23)15-12-7-3-4-8-13(12)17(24)21(19-15)11-14(22)20-9-5-2-6-10-20/h3-4,7-8H,2,5-6,9-11H2,1H3,(H,18,23). The highest BCUT2D eigenvalue weighted by Gasteiger charge is 2.20. The number of hydrogen-bond donors (Lipinski definition) is 1. The number of nitrogens with one attached hydrogen (secondary N) is 1. The lowest BCUT2D eigenvalue weighted by Gasteiger charge is -2.26. The van der Waals surface area contributed by atoms with Gasteiger partial charge in [0.05, 0.1) is 5.39 Å². The summed E-state index contributed by atoms with van der Waals surface area (Å²) in [6.45, 7) is 1.28. The zero-order chi connectivity index (χ0) is 17.1. The van der Waals surface area contributed by atoms with Crippen LogP contribution in [0, 0.1) is 0 Å². The Kier molecular flexibility index (Phi) is 4.59. The van der Waals surface area contributed by atoms with E-state index in [-0.39, 0.29) is 29.6 Å². The van der Waals surface area contributed by atoms with Gasteiger partial charge in [0.2, 0.25) is 5.91 Å². The molecule has 24 heavy (non-hydrogen) atoms. The van der Waals surface area contributed by atoms with Gasteiger partial charge < -0.3 is 10.2 Å². The van der Waals surface area contributed by atoms with E-state index in [0.29, 0.717) is 23.9 Å². The molecule has 7 nitrogen and oxygen atoms in total. The topological polar surface area (TPSA) is 84.3 Å². The first-order chi connectivity index (χ1) is 11.6. The Labute approximate surface area is 139 Å². The second-order valence-corrected chi connectivity index (χ2v) is 5.88. The van der Waals surface area contributed by atoms with E-state index in [0.717, 1.165) is 23.9 Å². The number of rotatable bonds is 3. The fourth-order valence-corrected chi connectivity index (χ4v) is 3.00. The predicted octanol–water partition coefficient (Wildman–Crippen LogP) is 0.769. The average Bonchev–Trinajstić information content (AvgIpc) is 2.64. The fraction of sp³-hybridized carbons (Fsp3) is 0.412. The van der Waals surface area contributed by atoms with Gasteiger partial charge in [0.15, 0.2) is 5.69 Å². The molecule has 2 heterocycles. The van der Waals surface area contributed by atoms with E-state index in [1.807, 2.05) is 0 Å². The van der Waals surface area contributed by atoms with Crippen molar-refractivity contribution in [3.8, 4) is 0 Å². The molecule has 3 rings (SSSR count).